The Morgan fingerprint density at radius 2 is 2.21 bits per heavy atom. The SMILES string of the molecule is COc1ccc2c(c1)C(C(=O)N[C@@H](C)C(N)=O)CC2. The van der Waals surface area contributed by atoms with Crippen LogP contribution in [0.5, 0.6) is 5.75 Å². The van der Waals surface area contributed by atoms with Crippen molar-refractivity contribution in [1.82, 2.24) is 5.32 Å². The molecule has 5 heteroatoms. The fourth-order valence-corrected chi connectivity index (χ4v) is 2.36. The van der Waals surface area contributed by atoms with Gasteiger partial charge in [-0.2, -0.15) is 0 Å². The maximum atomic E-state index is 12.2. The molecule has 2 amide bonds. The second-order valence-corrected chi connectivity index (χ2v) is 4.79. The van der Waals surface area contributed by atoms with Crippen LogP contribution in [0.1, 0.15) is 30.4 Å². The first-order valence-electron chi connectivity index (χ1n) is 6.29. The van der Waals surface area contributed by atoms with Crippen LogP contribution in [-0.4, -0.2) is 25.0 Å². The van der Waals surface area contributed by atoms with Crippen molar-refractivity contribution in [3.05, 3.63) is 29.3 Å². The van der Waals surface area contributed by atoms with Gasteiger partial charge < -0.3 is 15.8 Å². The van der Waals surface area contributed by atoms with Gasteiger partial charge in [0.05, 0.1) is 13.0 Å². The minimum atomic E-state index is -0.651. The third-order valence-corrected chi connectivity index (χ3v) is 3.53. The van der Waals surface area contributed by atoms with E-state index in [9.17, 15) is 9.59 Å². The molecule has 1 aliphatic rings. The zero-order valence-corrected chi connectivity index (χ0v) is 11.1. The summed E-state index contributed by atoms with van der Waals surface area (Å²) >= 11 is 0. The number of primary amides is 1. The van der Waals surface area contributed by atoms with E-state index in [1.165, 1.54) is 0 Å². The van der Waals surface area contributed by atoms with Crippen LogP contribution >= 0.6 is 0 Å². The number of hydrogen-bond donors (Lipinski definition) is 2. The summed E-state index contributed by atoms with van der Waals surface area (Å²) in [5, 5.41) is 2.65. The first-order valence-corrected chi connectivity index (χ1v) is 6.29. The van der Waals surface area contributed by atoms with E-state index in [0.29, 0.717) is 0 Å². The highest BCUT2D eigenvalue weighted by Crippen LogP contribution is 2.35. The highest BCUT2D eigenvalue weighted by Gasteiger charge is 2.30. The predicted molar refractivity (Wildman–Crippen MR) is 70.9 cm³/mol. The molecule has 1 aromatic rings. The molecule has 19 heavy (non-hydrogen) atoms. The molecule has 2 atom stereocenters. The van der Waals surface area contributed by atoms with Crippen LogP contribution in [0.2, 0.25) is 0 Å². The number of methoxy groups -OCH3 is 1. The number of nitrogens with two attached hydrogens (primary N) is 1. The molecule has 0 saturated carbocycles. The molecule has 0 saturated heterocycles. The number of nitrogens with one attached hydrogen (secondary N) is 1. The van der Waals surface area contributed by atoms with Crippen molar-refractivity contribution in [2.75, 3.05) is 7.11 Å². The third kappa shape index (κ3) is 2.70. The van der Waals surface area contributed by atoms with Gasteiger partial charge in [0.2, 0.25) is 11.8 Å². The van der Waals surface area contributed by atoms with Gasteiger partial charge in [0.1, 0.15) is 11.8 Å². The summed E-state index contributed by atoms with van der Waals surface area (Å²) in [6, 6.07) is 5.12. The number of carbonyl (C=O) groups is 2. The lowest BCUT2D eigenvalue weighted by Gasteiger charge is -2.16. The summed E-state index contributed by atoms with van der Waals surface area (Å²) in [6.45, 7) is 1.58. The van der Waals surface area contributed by atoms with Crippen molar-refractivity contribution in [3.63, 3.8) is 0 Å². The lowest BCUT2D eigenvalue weighted by atomic mass is 10.00. The van der Waals surface area contributed by atoms with Gasteiger partial charge >= 0.3 is 0 Å². The van der Waals surface area contributed by atoms with Gasteiger partial charge in [0.15, 0.2) is 0 Å². The Bertz CT molecular complexity index is 513. The van der Waals surface area contributed by atoms with Crippen molar-refractivity contribution >= 4 is 11.8 Å². The zero-order chi connectivity index (χ0) is 14.0. The van der Waals surface area contributed by atoms with Crippen LogP contribution in [0.4, 0.5) is 0 Å². The number of rotatable bonds is 4. The Labute approximate surface area is 112 Å². The smallest absolute Gasteiger partial charge is 0.239 e. The highest BCUT2D eigenvalue weighted by molar-refractivity contribution is 5.90. The molecule has 0 bridgehead atoms. The first kappa shape index (κ1) is 13.4. The molecule has 0 aromatic heterocycles. The van der Waals surface area contributed by atoms with Gasteiger partial charge in [-0.25, -0.2) is 0 Å². The van der Waals surface area contributed by atoms with E-state index in [2.05, 4.69) is 5.32 Å². The summed E-state index contributed by atoms with van der Waals surface area (Å²) in [4.78, 5) is 23.1. The van der Waals surface area contributed by atoms with Crippen molar-refractivity contribution in [2.24, 2.45) is 5.73 Å². The number of carbonyl (C=O) groups excluding carboxylic acids is 2. The largest absolute Gasteiger partial charge is 0.497 e. The molecule has 1 aromatic carbocycles. The maximum absolute atomic E-state index is 12.2. The lowest BCUT2D eigenvalue weighted by molar-refractivity contribution is -0.127. The van der Waals surface area contributed by atoms with Crippen LogP contribution in [-0.2, 0) is 16.0 Å². The topological polar surface area (TPSA) is 81.4 Å². The molecular weight excluding hydrogens is 244 g/mol. The summed E-state index contributed by atoms with van der Waals surface area (Å²) in [6.07, 6.45) is 1.61. The summed E-state index contributed by atoms with van der Waals surface area (Å²) in [5.41, 5.74) is 7.29. The van der Waals surface area contributed by atoms with Crippen molar-refractivity contribution < 1.29 is 14.3 Å². The van der Waals surface area contributed by atoms with Gasteiger partial charge in [0, 0.05) is 0 Å². The van der Waals surface area contributed by atoms with Gasteiger partial charge in [-0.1, -0.05) is 6.07 Å². The Morgan fingerprint density at radius 1 is 1.47 bits per heavy atom. The van der Waals surface area contributed by atoms with Gasteiger partial charge in [-0.15, -0.1) is 0 Å². The lowest BCUT2D eigenvalue weighted by Crippen LogP contribution is -2.43. The molecule has 1 unspecified atom stereocenters. The molecule has 0 aliphatic heterocycles. The second kappa shape index (κ2) is 5.30. The molecule has 0 heterocycles. The van der Waals surface area contributed by atoms with Gasteiger partial charge in [-0.05, 0) is 43.0 Å². The third-order valence-electron chi connectivity index (χ3n) is 3.53. The molecule has 3 N–H and O–H groups in total. The molecule has 0 fully saturated rings. The van der Waals surface area contributed by atoms with Crippen LogP contribution in [0.15, 0.2) is 18.2 Å². The Kier molecular flexibility index (Phi) is 3.74. The molecule has 102 valence electrons. The van der Waals surface area contributed by atoms with Gasteiger partial charge in [0.25, 0.3) is 0 Å². The van der Waals surface area contributed by atoms with E-state index in [0.717, 1.165) is 29.7 Å². The monoisotopic (exact) mass is 262 g/mol. The summed E-state index contributed by atoms with van der Waals surface area (Å²) in [7, 11) is 1.60. The van der Waals surface area contributed by atoms with Crippen molar-refractivity contribution in [2.45, 2.75) is 31.7 Å². The summed E-state index contributed by atoms with van der Waals surface area (Å²) in [5.74, 6) is -0.177. The summed E-state index contributed by atoms with van der Waals surface area (Å²) < 4.78 is 5.18. The minimum absolute atomic E-state index is 0.154. The van der Waals surface area contributed by atoms with E-state index in [-0.39, 0.29) is 11.8 Å². The average molecular weight is 262 g/mol. The maximum Gasteiger partial charge on any atom is 0.239 e. The molecule has 5 nitrogen and oxygen atoms in total. The second-order valence-electron chi connectivity index (χ2n) is 4.79. The van der Waals surface area contributed by atoms with Gasteiger partial charge in [-0.3, -0.25) is 9.59 Å². The number of benzene rings is 1. The molecule has 2 rings (SSSR count). The normalized spacial score (nSPS) is 18.5. The predicted octanol–water partition coefficient (Wildman–Crippen LogP) is 0.715. The van der Waals surface area contributed by atoms with E-state index in [1.54, 1.807) is 14.0 Å². The first-order chi connectivity index (χ1) is 9.02. The number of amides is 2. The fraction of sp³-hybridized carbons (Fsp3) is 0.429. The van der Waals surface area contributed by atoms with Crippen LogP contribution < -0.4 is 15.8 Å². The fourth-order valence-electron chi connectivity index (χ4n) is 2.36. The minimum Gasteiger partial charge on any atom is -0.497 e. The van der Waals surface area contributed by atoms with E-state index >= 15 is 0 Å². The van der Waals surface area contributed by atoms with Crippen LogP contribution in [0.25, 0.3) is 0 Å². The average Bonchev–Trinajstić information content (AvgIpc) is 2.81. The number of aryl methyl sites for hydroxylation is 1. The van der Waals surface area contributed by atoms with Crippen LogP contribution in [0.3, 0.4) is 0 Å². The number of fused-ring (bicyclic) bond motifs is 1. The van der Waals surface area contributed by atoms with Crippen molar-refractivity contribution in [1.29, 1.82) is 0 Å². The van der Waals surface area contributed by atoms with E-state index < -0.39 is 11.9 Å². The Balaban J connectivity index is 2.17. The molecule has 1 aliphatic carbocycles. The quantitative estimate of drug-likeness (QED) is 0.838. The molecular formula is C14H18N2O3. The number of ether oxygens (including phenoxy) is 1. The highest BCUT2D eigenvalue weighted by atomic mass is 16.5. The Morgan fingerprint density at radius 3 is 2.84 bits per heavy atom. The number of hydrogen-bond acceptors (Lipinski definition) is 3. The molecule has 0 radical (unpaired) electrons. The Hall–Kier alpha value is -2.04. The standard InChI is InChI=1S/C14H18N2O3/c1-8(13(15)17)16-14(18)11-6-4-9-3-5-10(19-2)7-12(9)11/h3,5,7-8,11H,4,6H2,1-2H3,(H2,15,17)(H,16,18)/t8-,11?/m0/s1. The van der Waals surface area contributed by atoms with E-state index in [4.69, 9.17) is 10.5 Å². The van der Waals surface area contributed by atoms with Crippen LogP contribution in [0, 0.1) is 0 Å². The van der Waals surface area contributed by atoms with Crippen molar-refractivity contribution in [3.8, 4) is 5.75 Å². The van der Waals surface area contributed by atoms with E-state index in [1.807, 2.05) is 18.2 Å². The molecule has 0 spiro atoms. The zero-order valence-electron chi connectivity index (χ0n) is 11.1.